The molecule has 1 N–H and O–H groups in total. The molecule has 1 aromatic carbocycles. The molecule has 0 saturated carbocycles. The number of ketones is 1. The van der Waals surface area contributed by atoms with Crippen molar-refractivity contribution in [3.63, 3.8) is 0 Å². The number of imidazole rings is 1. The summed E-state index contributed by atoms with van der Waals surface area (Å²) in [4.78, 5) is 16.2. The van der Waals surface area contributed by atoms with Crippen molar-refractivity contribution >= 4 is 5.78 Å². The van der Waals surface area contributed by atoms with Crippen LogP contribution in [0.15, 0.2) is 30.6 Å². The van der Waals surface area contributed by atoms with Gasteiger partial charge in [-0.1, -0.05) is 0 Å². The number of carbonyl (C=O) groups is 1. The highest BCUT2D eigenvalue weighted by Gasteiger charge is 2.25. The summed E-state index contributed by atoms with van der Waals surface area (Å²) in [6.45, 7) is 3.23. The van der Waals surface area contributed by atoms with Crippen molar-refractivity contribution in [2.24, 2.45) is 0 Å². The topological polar surface area (TPSA) is 46.9 Å². The third kappa shape index (κ3) is 2.06. The molecule has 0 spiro atoms. The number of hydrogen-bond donors (Lipinski definition) is 1. The zero-order valence-electron chi connectivity index (χ0n) is 10.6. The molecule has 1 aliphatic rings. The van der Waals surface area contributed by atoms with Crippen LogP contribution in [0.1, 0.15) is 23.5 Å². The van der Waals surface area contributed by atoms with Crippen LogP contribution in [0.4, 0.5) is 4.39 Å². The number of aromatic nitrogens is 2. The molecule has 0 bridgehead atoms. The van der Waals surface area contributed by atoms with Gasteiger partial charge in [-0.3, -0.25) is 4.79 Å². The first-order chi connectivity index (χ1) is 9.16. The highest BCUT2D eigenvalue weighted by molar-refractivity contribution is 5.98. The summed E-state index contributed by atoms with van der Waals surface area (Å²) in [6.07, 6.45) is 1.70. The third-order valence-electron chi connectivity index (χ3n) is 3.40. The van der Waals surface area contributed by atoms with Crippen LogP contribution in [-0.2, 0) is 0 Å². The van der Waals surface area contributed by atoms with Gasteiger partial charge in [0.2, 0.25) is 0 Å². The van der Waals surface area contributed by atoms with Crippen LogP contribution >= 0.6 is 0 Å². The zero-order valence-corrected chi connectivity index (χ0v) is 10.6. The van der Waals surface area contributed by atoms with E-state index in [1.807, 2.05) is 4.57 Å². The van der Waals surface area contributed by atoms with E-state index in [1.54, 1.807) is 18.5 Å². The molecule has 1 fully saturated rings. The highest BCUT2D eigenvalue weighted by Crippen LogP contribution is 2.26. The van der Waals surface area contributed by atoms with Crippen LogP contribution in [0.5, 0.6) is 0 Å². The molecule has 0 unspecified atom stereocenters. The Balaban J connectivity index is 2.08. The van der Waals surface area contributed by atoms with E-state index in [-0.39, 0.29) is 17.6 Å². The lowest BCUT2D eigenvalue weighted by Gasteiger charge is -2.29. The second-order valence-electron chi connectivity index (χ2n) is 4.72. The second kappa shape index (κ2) is 4.59. The number of carbonyl (C=O) groups excluding carboxylic acids is 1. The van der Waals surface area contributed by atoms with Crippen molar-refractivity contribution in [1.29, 1.82) is 0 Å². The van der Waals surface area contributed by atoms with E-state index in [4.69, 9.17) is 0 Å². The summed E-state index contributed by atoms with van der Waals surface area (Å²) in [6, 6.07) is 6.33. The normalized spacial score (nSPS) is 15.3. The Labute approximate surface area is 110 Å². The maximum absolute atomic E-state index is 13.0. The molecule has 98 valence electrons. The zero-order chi connectivity index (χ0) is 13.4. The number of nitrogens with one attached hydrogen (secondary N) is 1. The number of hydrogen-bond acceptors (Lipinski definition) is 3. The minimum Gasteiger partial charge on any atom is -0.322 e. The van der Waals surface area contributed by atoms with Crippen molar-refractivity contribution in [2.75, 3.05) is 13.1 Å². The lowest BCUT2D eigenvalue weighted by atomic mass is 10.1. The van der Waals surface area contributed by atoms with Gasteiger partial charge >= 0.3 is 0 Å². The van der Waals surface area contributed by atoms with E-state index in [2.05, 4.69) is 10.3 Å². The minimum absolute atomic E-state index is 0.0243. The molecular formula is C14H14FN3O. The van der Waals surface area contributed by atoms with Crippen LogP contribution < -0.4 is 5.32 Å². The van der Waals surface area contributed by atoms with Gasteiger partial charge in [0.15, 0.2) is 5.78 Å². The van der Waals surface area contributed by atoms with Gasteiger partial charge in [-0.05, 0) is 24.3 Å². The Bertz CT molecular complexity index is 614. The van der Waals surface area contributed by atoms with Gasteiger partial charge < -0.3 is 9.88 Å². The quantitative estimate of drug-likeness (QED) is 0.858. The molecule has 5 heteroatoms. The predicted molar refractivity (Wildman–Crippen MR) is 69.5 cm³/mol. The number of nitrogens with zero attached hydrogens (tertiary/aromatic N) is 2. The molecule has 3 rings (SSSR count). The first-order valence-corrected chi connectivity index (χ1v) is 6.21. The first-order valence-electron chi connectivity index (χ1n) is 6.21. The Morgan fingerprint density at radius 1 is 1.37 bits per heavy atom. The van der Waals surface area contributed by atoms with Crippen LogP contribution in [0.25, 0.3) is 11.3 Å². The fourth-order valence-corrected chi connectivity index (χ4v) is 2.28. The monoisotopic (exact) mass is 259 g/mol. The number of rotatable bonds is 3. The fourth-order valence-electron chi connectivity index (χ4n) is 2.28. The van der Waals surface area contributed by atoms with Crippen LogP contribution in [-0.4, -0.2) is 28.4 Å². The molecule has 1 aromatic heterocycles. The largest absolute Gasteiger partial charge is 0.322 e. The van der Waals surface area contributed by atoms with Gasteiger partial charge in [-0.2, -0.15) is 0 Å². The third-order valence-corrected chi connectivity index (χ3v) is 3.40. The second-order valence-corrected chi connectivity index (χ2v) is 4.72. The number of halogens is 1. The molecule has 1 saturated heterocycles. The number of Topliss-reactive ketones (excluding diaryl/α,β-unsaturated/α-hetero) is 1. The maximum atomic E-state index is 13.0. The Morgan fingerprint density at radius 3 is 2.58 bits per heavy atom. The lowest BCUT2D eigenvalue weighted by molar-refractivity contribution is 0.100. The van der Waals surface area contributed by atoms with E-state index in [0.717, 1.165) is 18.7 Å². The smallest absolute Gasteiger partial charge is 0.178 e. The van der Waals surface area contributed by atoms with Gasteiger partial charge in [-0.25, -0.2) is 9.37 Å². The lowest BCUT2D eigenvalue weighted by Crippen LogP contribution is -2.44. The fraction of sp³-hybridized carbons (Fsp3) is 0.286. The molecule has 0 atom stereocenters. The predicted octanol–water partition coefficient (Wildman–Crippen LogP) is 2.04. The van der Waals surface area contributed by atoms with Gasteiger partial charge in [0.25, 0.3) is 0 Å². The minimum atomic E-state index is -0.296. The SMILES string of the molecule is CC(=O)c1c(-c2ccc(F)cc2)ncn1C1CNC1. The molecule has 0 radical (unpaired) electrons. The van der Waals surface area contributed by atoms with Crippen molar-refractivity contribution < 1.29 is 9.18 Å². The van der Waals surface area contributed by atoms with Gasteiger partial charge in [-0.15, -0.1) is 0 Å². The summed E-state index contributed by atoms with van der Waals surface area (Å²) < 4.78 is 14.9. The molecule has 1 aliphatic heterocycles. The highest BCUT2D eigenvalue weighted by atomic mass is 19.1. The molecule has 2 heterocycles. The van der Waals surface area contributed by atoms with Gasteiger partial charge in [0.1, 0.15) is 11.5 Å². The van der Waals surface area contributed by atoms with E-state index in [1.165, 1.54) is 19.1 Å². The van der Waals surface area contributed by atoms with Crippen LogP contribution in [0.2, 0.25) is 0 Å². The van der Waals surface area contributed by atoms with Gasteiger partial charge in [0, 0.05) is 25.6 Å². The Morgan fingerprint density at radius 2 is 2.05 bits per heavy atom. The molecular weight excluding hydrogens is 245 g/mol. The average Bonchev–Trinajstić information content (AvgIpc) is 2.72. The van der Waals surface area contributed by atoms with Crippen LogP contribution in [0.3, 0.4) is 0 Å². The van der Waals surface area contributed by atoms with Gasteiger partial charge in [0.05, 0.1) is 18.1 Å². The summed E-state index contributed by atoms with van der Waals surface area (Å²) in [7, 11) is 0. The molecule has 4 nitrogen and oxygen atoms in total. The van der Waals surface area contributed by atoms with E-state index >= 15 is 0 Å². The summed E-state index contributed by atoms with van der Waals surface area (Å²) in [5, 5.41) is 3.17. The number of benzene rings is 1. The van der Waals surface area contributed by atoms with Crippen molar-refractivity contribution in [3.05, 3.63) is 42.1 Å². The first kappa shape index (κ1) is 12.0. The van der Waals surface area contributed by atoms with Crippen molar-refractivity contribution in [1.82, 2.24) is 14.9 Å². The Hall–Kier alpha value is -2.01. The molecule has 0 aliphatic carbocycles. The average molecular weight is 259 g/mol. The standard InChI is InChI=1S/C14H14FN3O/c1-9(19)14-13(10-2-4-11(15)5-3-10)17-8-18(14)12-6-16-7-12/h2-5,8,12,16H,6-7H2,1H3. The molecule has 0 amide bonds. The summed E-state index contributed by atoms with van der Waals surface area (Å²) >= 11 is 0. The summed E-state index contributed by atoms with van der Waals surface area (Å²) in [5.41, 5.74) is 1.98. The van der Waals surface area contributed by atoms with E-state index in [0.29, 0.717) is 11.4 Å². The Kier molecular flexibility index (Phi) is 2.91. The van der Waals surface area contributed by atoms with Crippen LogP contribution in [0, 0.1) is 5.82 Å². The van der Waals surface area contributed by atoms with E-state index < -0.39 is 0 Å². The van der Waals surface area contributed by atoms with E-state index in [9.17, 15) is 9.18 Å². The molecule has 19 heavy (non-hydrogen) atoms. The summed E-state index contributed by atoms with van der Waals surface area (Å²) in [5.74, 6) is -0.320. The molecule has 2 aromatic rings. The van der Waals surface area contributed by atoms with Crippen molar-refractivity contribution in [2.45, 2.75) is 13.0 Å². The van der Waals surface area contributed by atoms with Crippen molar-refractivity contribution in [3.8, 4) is 11.3 Å². The maximum Gasteiger partial charge on any atom is 0.178 e.